The molecule has 0 aromatic rings. The van der Waals surface area contributed by atoms with Crippen molar-refractivity contribution in [1.29, 1.82) is 0 Å². The van der Waals surface area contributed by atoms with Crippen LogP contribution in [0.25, 0.3) is 0 Å². The molecular formula is C13H27NO. The first kappa shape index (κ1) is 13.0. The fourth-order valence-corrected chi connectivity index (χ4v) is 2.18. The van der Waals surface area contributed by atoms with Crippen LogP contribution in [-0.4, -0.2) is 23.3 Å². The van der Waals surface area contributed by atoms with E-state index in [0.29, 0.717) is 6.04 Å². The predicted molar refractivity (Wildman–Crippen MR) is 65.0 cm³/mol. The van der Waals surface area contributed by atoms with E-state index in [9.17, 15) is 5.11 Å². The van der Waals surface area contributed by atoms with Crippen LogP contribution in [0, 0.1) is 5.92 Å². The maximum absolute atomic E-state index is 9.91. The van der Waals surface area contributed by atoms with Crippen LogP contribution < -0.4 is 5.32 Å². The zero-order valence-corrected chi connectivity index (χ0v) is 10.6. The number of rotatable bonds is 4. The lowest BCUT2D eigenvalue weighted by molar-refractivity contribution is 0.0522. The minimum atomic E-state index is -0.530. The Morgan fingerprint density at radius 3 is 2.67 bits per heavy atom. The van der Waals surface area contributed by atoms with Crippen molar-refractivity contribution in [3.63, 3.8) is 0 Å². The van der Waals surface area contributed by atoms with E-state index < -0.39 is 5.60 Å². The first-order valence-electron chi connectivity index (χ1n) is 6.49. The molecule has 15 heavy (non-hydrogen) atoms. The lowest BCUT2D eigenvalue weighted by atomic mass is 10.0. The van der Waals surface area contributed by atoms with Gasteiger partial charge in [0.1, 0.15) is 0 Å². The summed E-state index contributed by atoms with van der Waals surface area (Å²) in [6.45, 7) is 7.04. The van der Waals surface area contributed by atoms with E-state index in [1.165, 1.54) is 32.1 Å². The van der Waals surface area contributed by atoms with Crippen molar-refractivity contribution in [3.05, 3.63) is 0 Å². The van der Waals surface area contributed by atoms with E-state index in [1.54, 1.807) is 0 Å². The Morgan fingerprint density at radius 2 is 2.00 bits per heavy atom. The number of aliphatic hydroxyl groups is 1. The largest absolute Gasteiger partial charge is 0.389 e. The molecular weight excluding hydrogens is 186 g/mol. The minimum Gasteiger partial charge on any atom is -0.389 e. The van der Waals surface area contributed by atoms with Gasteiger partial charge in [-0.3, -0.25) is 0 Å². The summed E-state index contributed by atoms with van der Waals surface area (Å²) in [5.41, 5.74) is -0.530. The second-order valence-corrected chi connectivity index (χ2v) is 5.54. The van der Waals surface area contributed by atoms with Crippen LogP contribution >= 0.6 is 0 Å². The van der Waals surface area contributed by atoms with Gasteiger partial charge in [-0.2, -0.15) is 0 Å². The third-order valence-corrected chi connectivity index (χ3v) is 3.79. The smallest absolute Gasteiger partial charge is 0.0741 e. The van der Waals surface area contributed by atoms with Crippen molar-refractivity contribution in [2.75, 3.05) is 6.54 Å². The zero-order chi connectivity index (χ0) is 11.3. The summed E-state index contributed by atoms with van der Waals surface area (Å²) in [6, 6.07) is 0.632. The van der Waals surface area contributed by atoms with Gasteiger partial charge < -0.3 is 10.4 Å². The molecule has 0 aromatic heterocycles. The molecule has 0 aromatic carbocycles. The minimum absolute atomic E-state index is 0.530. The summed E-state index contributed by atoms with van der Waals surface area (Å²) < 4.78 is 0. The average Bonchev–Trinajstić information content (AvgIpc) is 2.40. The SMILES string of the molecule is CCC(C)(O)CNC1CCCC(C)CC1. The lowest BCUT2D eigenvalue weighted by Crippen LogP contribution is -2.42. The zero-order valence-electron chi connectivity index (χ0n) is 10.6. The predicted octanol–water partition coefficient (Wildman–Crippen LogP) is 2.71. The highest BCUT2D eigenvalue weighted by Gasteiger charge is 2.21. The van der Waals surface area contributed by atoms with E-state index in [4.69, 9.17) is 0 Å². The van der Waals surface area contributed by atoms with Crippen LogP contribution in [0.1, 0.15) is 59.3 Å². The van der Waals surface area contributed by atoms with Gasteiger partial charge in [-0.25, -0.2) is 0 Å². The number of hydrogen-bond donors (Lipinski definition) is 2. The van der Waals surface area contributed by atoms with Gasteiger partial charge in [-0.15, -0.1) is 0 Å². The van der Waals surface area contributed by atoms with Gasteiger partial charge in [0, 0.05) is 12.6 Å². The van der Waals surface area contributed by atoms with Crippen LogP contribution in [0.15, 0.2) is 0 Å². The van der Waals surface area contributed by atoms with Crippen molar-refractivity contribution < 1.29 is 5.11 Å². The quantitative estimate of drug-likeness (QED) is 0.704. The summed E-state index contributed by atoms with van der Waals surface area (Å²) in [6.07, 6.45) is 7.44. The first-order valence-corrected chi connectivity index (χ1v) is 6.49. The normalized spacial score (nSPS) is 32.0. The van der Waals surface area contributed by atoms with Crippen LogP contribution in [0.3, 0.4) is 0 Å². The maximum Gasteiger partial charge on any atom is 0.0741 e. The Bertz CT molecular complexity index is 179. The monoisotopic (exact) mass is 213 g/mol. The van der Waals surface area contributed by atoms with Crippen LogP contribution in [-0.2, 0) is 0 Å². The highest BCUT2D eigenvalue weighted by atomic mass is 16.3. The standard InChI is InChI=1S/C13H27NO/c1-4-13(3,15)10-14-12-7-5-6-11(2)8-9-12/h11-12,14-15H,4-10H2,1-3H3. The Labute approximate surface area is 94.5 Å². The maximum atomic E-state index is 9.91. The fraction of sp³-hybridized carbons (Fsp3) is 1.00. The van der Waals surface area contributed by atoms with E-state index in [1.807, 2.05) is 13.8 Å². The van der Waals surface area contributed by atoms with E-state index >= 15 is 0 Å². The number of hydrogen-bond acceptors (Lipinski definition) is 2. The molecule has 2 heteroatoms. The van der Waals surface area contributed by atoms with Gasteiger partial charge in [0.15, 0.2) is 0 Å². The van der Waals surface area contributed by atoms with E-state index in [0.717, 1.165) is 18.9 Å². The van der Waals surface area contributed by atoms with Crippen molar-refractivity contribution in [2.24, 2.45) is 5.92 Å². The second kappa shape index (κ2) is 5.86. The Balaban J connectivity index is 2.26. The third kappa shape index (κ3) is 4.98. The molecule has 0 heterocycles. The highest BCUT2D eigenvalue weighted by Crippen LogP contribution is 2.22. The molecule has 0 amide bonds. The Morgan fingerprint density at radius 1 is 1.27 bits per heavy atom. The lowest BCUT2D eigenvalue weighted by Gasteiger charge is -2.25. The molecule has 1 aliphatic carbocycles. The van der Waals surface area contributed by atoms with Crippen LogP contribution in [0.4, 0.5) is 0 Å². The third-order valence-electron chi connectivity index (χ3n) is 3.79. The first-order chi connectivity index (χ1) is 7.03. The summed E-state index contributed by atoms with van der Waals surface area (Å²) >= 11 is 0. The summed E-state index contributed by atoms with van der Waals surface area (Å²) in [5.74, 6) is 0.892. The van der Waals surface area contributed by atoms with E-state index in [2.05, 4.69) is 12.2 Å². The average molecular weight is 213 g/mol. The van der Waals surface area contributed by atoms with Gasteiger partial charge in [0.2, 0.25) is 0 Å². The van der Waals surface area contributed by atoms with Crippen molar-refractivity contribution in [3.8, 4) is 0 Å². The second-order valence-electron chi connectivity index (χ2n) is 5.54. The van der Waals surface area contributed by atoms with Gasteiger partial charge >= 0.3 is 0 Å². The molecule has 90 valence electrons. The van der Waals surface area contributed by atoms with Crippen molar-refractivity contribution >= 4 is 0 Å². The highest BCUT2D eigenvalue weighted by molar-refractivity contribution is 4.79. The molecule has 1 fully saturated rings. The van der Waals surface area contributed by atoms with Gasteiger partial charge in [0.25, 0.3) is 0 Å². The van der Waals surface area contributed by atoms with E-state index in [-0.39, 0.29) is 0 Å². The molecule has 2 nitrogen and oxygen atoms in total. The summed E-state index contributed by atoms with van der Waals surface area (Å²) in [5, 5.41) is 13.4. The summed E-state index contributed by atoms with van der Waals surface area (Å²) in [4.78, 5) is 0. The van der Waals surface area contributed by atoms with Crippen molar-refractivity contribution in [2.45, 2.75) is 70.9 Å². The topological polar surface area (TPSA) is 32.3 Å². The Hall–Kier alpha value is -0.0800. The fourth-order valence-electron chi connectivity index (χ4n) is 2.18. The molecule has 1 aliphatic rings. The molecule has 1 rings (SSSR count). The molecule has 1 saturated carbocycles. The molecule has 0 spiro atoms. The Kier molecular flexibility index (Phi) is 5.07. The van der Waals surface area contributed by atoms with Crippen molar-refractivity contribution in [1.82, 2.24) is 5.32 Å². The molecule has 0 saturated heterocycles. The van der Waals surface area contributed by atoms with Gasteiger partial charge in [-0.1, -0.05) is 26.7 Å². The van der Waals surface area contributed by atoms with Gasteiger partial charge in [0.05, 0.1) is 5.60 Å². The molecule has 2 N–H and O–H groups in total. The molecule has 3 atom stereocenters. The summed E-state index contributed by atoms with van der Waals surface area (Å²) in [7, 11) is 0. The number of nitrogens with one attached hydrogen (secondary N) is 1. The molecule has 3 unspecified atom stereocenters. The van der Waals surface area contributed by atoms with Crippen LogP contribution in [0.5, 0.6) is 0 Å². The van der Waals surface area contributed by atoms with Gasteiger partial charge in [-0.05, 0) is 38.5 Å². The molecule has 0 aliphatic heterocycles. The molecule has 0 bridgehead atoms. The molecule has 0 radical (unpaired) electrons. The van der Waals surface area contributed by atoms with Crippen LogP contribution in [0.2, 0.25) is 0 Å².